The predicted molar refractivity (Wildman–Crippen MR) is 86.9 cm³/mol. The summed E-state index contributed by atoms with van der Waals surface area (Å²) in [6.07, 6.45) is 1.09. The summed E-state index contributed by atoms with van der Waals surface area (Å²) in [5.74, 6) is 0. The van der Waals surface area contributed by atoms with E-state index in [-0.39, 0.29) is 13.0 Å². The summed E-state index contributed by atoms with van der Waals surface area (Å²) in [5, 5.41) is 0. The molecule has 0 bridgehead atoms. The number of nitrogens with two attached hydrogens (primary N) is 1. The zero-order chi connectivity index (χ0) is 14.4. The molecule has 0 spiro atoms. The van der Waals surface area contributed by atoms with Gasteiger partial charge in [0.15, 0.2) is 0 Å². The van der Waals surface area contributed by atoms with Gasteiger partial charge in [-0.25, -0.2) is 0 Å². The van der Waals surface area contributed by atoms with E-state index in [1.54, 1.807) is 0 Å². The van der Waals surface area contributed by atoms with Gasteiger partial charge in [0.05, 0.1) is 6.10 Å². The number of hydrogen-bond acceptors (Lipinski definition) is 2. The van der Waals surface area contributed by atoms with Crippen LogP contribution in [-0.2, 0) is 11.1 Å². The highest BCUT2D eigenvalue weighted by atomic mass is 16.4. The average Bonchev–Trinajstić information content (AvgIpc) is 2.53. The smallest absolute Gasteiger partial charge is 0.361 e. The molecule has 2 nitrogen and oxygen atoms in total. The van der Waals surface area contributed by atoms with E-state index < -0.39 is 0 Å². The number of rotatable bonds is 6. The van der Waals surface area contributed by atoms with Crippen molar-refractivity contribution in [2.24, 2.45) is 5.73 Å². The van der Waals surface area contributed by atoms with Crippen LogP contribution in [0.15, 0.2) is 54.6 Å². The van der Waals surface area contributed by atoms with Gasteiger partial charge in [-0.1, -0.05) is 61.5 Å². The highest BCUT2D eigenvalue weighted by Crippen LogP contribution is 2.02. The van der Waals surface area contributed by atoms with Crippen LogP contribution in [0.2, 0.25) is 0 Å². The molecule has 1 unspecified atom stereocenters. The third-order valence-corrected chi connectivity index (χ3v) is 3.49. The van der Waals surface area contributed by atoms with Crippen LogP contribution in [0.1, 0.15) is 19.4 Å². The lowest BCUT2D eigenvalue weighted by molar-refractivity contribution is 0.240. The van der Waals surface area contributed by atoms with Crippen LogP contribution in [0.4, 0.5) is 0 Å². The van der Waals surface area contributed by atoms with Crippen molar-refractivity contribution in [3.05, 3.63) is 60.2 Å². The van der Waals surface area contributed by atoms with E-state index in [2.05, 4.69) is 43.3 Å². The van der Waals surface area contributed by atoms with Crippen molar-refractivity contribution in [1.82, 2.24) is 0 Å². The monoisotopic (exact) mass is 267 g/mol. The summed E-state index contributed by atoms with van der Waals surface area (Å²) >= 11 is 0. The van der Waals surface area contributed by atoms with Gasteiger partial charge in [-0.3, -0.25) is 0 Å². The summed E-state index contributed by atoms with van der Waals surface area (Å²) in [5.41, 5.74) is 9.38. The van der Waals surface area contributed by atoms with Crippen LogP contribution in [0.3, 0.4) is 0 Å². The molecule has 0 aliphatic rings. The van der Waals surface area contributed by atoms with Gasteiger partial charge in [-0.2, -0.15) is 0 Å². The van der Waals surface area contributed by atoms with Crippen LogP contribution in [0.25, 0.3) is 0 Å². The molecule has 0 fully saturated rings. The summed E-state index contributed by atoms with van der Waals surface area (Å²) in [4.78, 5) is 0. The second-order valence-electron chi connectivity index (χ2n) is 5.07. The number of hydrogen-bond donors (Lipinski definition) is 1. The van der Waals surface area contributed by atoms with E-state index in [1.807, 2.05) is 25.1 Å². The van der Waals surface area contributed by atoms with E-state index in [4.69, 9.17) is 10.4 Å². The molecule has 1 atom stereocenters. The Morgan fingerprint density at radius 1 is 1.00 bits per heavy atom. The molecule has 0 aliphatic heterocycles. The molecule has 0 heterocycles. The van der Waals surface area contributed by atoms with Crippen molar-refractivity contribution in [2.45, 2.75) is 26.4 Å². The van der Waals surface area contributed by atoms with E-state index in [9.17, 15) is 0 Å². The molecular formula is C17H22BNO. The summed E-state index contributed by atoms with van der Waals surface area (Å²) < 4.78 is 6.12. The Labute approximate surface area is 122 Å². The molecule has 0 aliphatic carbocycles. The lowest BCUT2D eigenvalue weighted by atomic mass is 9.55. The average molecular weight is 267 g/mol. The van der Waals surface area contributed by atoms with Crippen LogP contribution >= 0.6 is 0 Å². The molecule has 2 N–H and O–H groups in total. The molecule has 0 saturated heterocycles. The van der Waals surface area contributed by atoms with Crippen molar-refractivity contribution in [2.75, 3.05) is 6.54 Å². The first-order chi connectivity index (χ1) is 9.74. The molecule has 2 aromatic rings. The van der Waals surface area contributed by atoms with Crippen molar-refractivity contribution in [3.63, 3.8) is 0 Å². The fourth-order valence-electron chi connectivity index (χ4n) is 2.19. The van der Waals surface area contributed by atoms with Crippen LogP contribution < -0.4 is 16.7 Å². The second kappa shape index (κ2) is 7.27. The standard InChI is InChI=1S/C17H22BNO/c1-3-15-9-11-17(12-10-15)18(20-14(2)13-19)16-7-5-4-6-8-16/h4-12,14H,3,13,19H2,1-2H3. The quantitative estimate of drug-likeness (QED) is 0.809. The lowest BCUT2D eigenvalue weighted by Crippen LogP contribution is -2.48. The van der Waals surface area contributed by atoms with E-state index >= 15 is 0 Å². The minimum absolute atomic E-state index is 0.0334. The first-order valence-electron chi connectivity index (χ1n) is 7.24. The minimum atomic E-state index is -0.0549. The third kappa shape index (κ3) is 3.72. The zero-order valence-electron chi connectivity index (χ0n) is 12.3. The Kier molecular flexibility index (Phi) is 5.39. The van der Waals surface area contributed by atoms with Gasteiger partial charge in [-0.05, 0) is 29.8 Å². The maximum atomic E-state index is 6.12. The van der Waals surface area contributed by atoms with Crippen LogP contribution in [-0.4, -0.2) is 19.6 Å². The van der Waals surface area contributed by atoms with Gasteiger partial charge < -0.3 is 10.4 Å². The van der Waals surface area contributed by atoms with Gasteiger partial charge in [0.1, 0.15) is 0 Å². The molecule has 0 saturated carbocycles. The van der Waals surface area contributed by atoms with Crippen LogP contribution in [0, 0.1) is 0 Å². The molecule has 20 heavy (non-hydrogen) atoms. The van der Waals surface area contributed by atoms with Gasteiger partial charge in [0.2, 0.25) is 0 Å². The Balaban J connectivity index is 2.30. The number of benzene rings is 2. The lowest BCUT2D eigenvalue weighted by Gasteiger charge is -2.20. The molecule has 3 heteroatoms. The maximum absolute atomic E-state index is 6.12. The Morgan fingerprint density at radius 2 is 1.60 bits per heavy atom. The fourth-order valence-corrected chi connectivity index (χ4v) is 2.19. The molecule has 0 amide bonds. The Hall–Kier alpha value is -1.58. The van der Waals surface area contributed by atoms with E-state index in [0.717, 1.165) is 11.9 Å². The molecule has 2 rings (SSSR count). The van der Waals surface area contributed by atoms with Crippen molar-refractivity contribution in [1.29, 1.82) is 0 Å². The van der Waals surface area contributed by atoms with Crippen molar-refractivity contribution >= 4 is 17.8 Å². The first kappa shape index (κ1) is 14.8. The largest absolute Gasteiger partial charge is 0.423 e. The summed E-state index contributed by atoms with van der Waals surface area (Å²) in [6, 6.07) is 18.9. The molecule has 0 radical (unpaired) electrons. The summed E-state index contributed by atoms with van der Waals surface area (Å²) in [6.45, 7) is 4.64. The van der Waals surface area contributed by atoms with Gasteiger partial charge in [0, 0.05) is 6.54 Å². The van der Waals surface area contributed by atoms with Gasteiger partial charge in [0.25, 0.3) is 0 Å². The molecular weight excluding hydrogens is 245 g/mol. The fraction of sp³-hybridized carbons (Fsp3) is 0.294. The third-order valence-electron chi connectivity index (χ3n) is 3.49. The zero-order valence-corrected chi connectivity index (χ0v) is 12.3. The first-order valence-corrected chi connectivity index (χ1v) is 7.24. The van der Waals surface area contributed by atoms with Crippen molar-refractivity contribution in [3.8, 4) is 0 Å². The van der Waals surface area contributed by atoms with E-state index in [1.165, 1.54) is 11.0 Å². The molecule has 104 valence electrons. The minimum Gasteiger partial charge on any atom is -0.423 e. The maximum Gasteiger partial charge on any atom is 0.361 e. The van der Waals surface area contributed by atoms with Crippen LogP contribution in [0.5, 0.6) is 0 Å². The number of aryl methyl sites for hydroxylation is 1. The molecule has 0 aromatic heterocycles. The Bertz CT molecular complexity index is 512. The van der Waals surface area contributed by atoms with E-state index in [0.29, 0.717) is 6.54 Å². The van der Waals surface area contributed by atoms with Gasteiger partial charge in [-0.15, -0.1) is 0 Å². The van der Waals surface area contributed by atoms with Gasteiger partial charge >= 0.3 is 6.92 Å². The summed E-state index contributed by atoms with van der Waals surface area (Å²) in [7, 11) is 0. The highest BCUT2D eigenvalue weighted by Gasteiger charge is 2.23. The molecule has 2 aromatic carbocycles. The predicted octanol–water partition coefficient (Wildman–Crippen LogP) is 1.72. The highest BCUT2D eigenvalue weighted by molar-refractivity contribution is 6.80. The topological polar surface area (TPSA) is 35.2 Å². The Morgan fingerprint density at radius 3 is 2.15 bits per heavy atom. The normalized spacial score (nSPS) is 12.2. The second-order valence-corrected chi connectivity index (χ2v) is 5.07. The SMILES string of the molecule is CCc1ccc(B(OC(C)CN)c2ccccc2)cc1. The van der Waals surface area contributed by atoms with Crippen molar-refractivity contribution < 1.29 is 4.65 Å².